The zero-order valence-corrected chi connectivity index (χ0v) is 11.6. The number of hydrogen-bond donors (Lipinski definition) is 0. The van der Waals surface area contributed by atoms with E-state index in [-0.39, 0.29) is 28.2 Å². The van der Waals surface area contributed by atoms with E-state index < -0.39 is 9.84 Å². The Kier molecular flexibility index (Phi) is 2.80. The monoisotopic (exact) mass is 259 g/mol. The molecule has 2 fully saturated rings. The lowest BCUT2D eigenvalue weighted by Crippen LogP contribution is -2.49. The molecule has 98 valence electrons. The van der Waals surface area contributed by atoms with Gasteiger partial charge in [0.15, 0.2) is 9.84 Å². The van der Waals surface area contributed by atoms with E-state index in [1.807, 2.05) is 0 Å². The van der Waals surface area contributed by atoms with Crippen LogP contribution in [-0.4, -0.2) is 43.8 Å². The van der Waals surface area contributed by atoms with E-state index in [0.717, 1.165) is 12.8 Å². The molecule has 1 amide bonds. The van der Waals surface area contributed by atoms with Crippen LogP contribution in [0, 0.1) is 10.8 Å². The van der Waals surface area contributed by atoms with Crippen LogP contribution in [0.5, 0.6) is 0 Å². The summed E-state index contributed by atoms with van der Waals surface area (Å²) in [4.78, 5) is 14.2. The number of carbonyl (C=O) groups excluding carboxylic acids is 1. The molecule has 0 aromatic heterocycles. The molecule has 0 unspecified atom stereocenters. The molecule has 0 aromatic rings. The topological polar surface area (TPSA) is 54.5 Å². The molecule has 1 saturated heterocycles. The summed E-state index contributed by atoms with van der Waals surface area (Å²) in [7, 11) is -2.90. The first-order chi connectivity index (χ1) is 7.68. The maximum atomic E-state index is 12.5. The second-order valence-corrected chi connectivity index (χ2v) is 8.58. The van der Waals surface area contributed by atoms with Crippen LogP contribution in [0.2, 0.25) is 0 Å². The van der Waals surface area contributed by atoms with E-state index in [1.54, 1.807) is 4.90 Å². The Bertz CT molecular complexity index is 415. The normalized spacial score (nSPS) is 26.6. The molecule has 2 rings (SSSR count). The van der Waals surface area contributed by atoms with Gasteiger partial charge in [0, 0.05) is 13.1 Å². The average molecular weight is 259 g/mol. The van der Waals surface area contributed by atoms with Gasteiger partial charge in [0.25, 0.3) is 0 Å². The summed E-state index contributed by atoms with van der Waals surface area (Å²) in [6, 6.07) is 0. The van der Waals surface area contributed by atoms with Gasteiger partial charge < -0.3 is 4.90 Å². The SMILES string of the molecule is CC(C)(C)C1(C(=O)N2CCS(=O)(=O)CC2)CC1. The lowest BCUT2D eigenvalue weighted by molar-refractivity contribution is -0.140. The summed E-state index contributed by atoms with van der Waals surface area (Å²) in [5.41, 5.74) is -0.255. The van der Waals surface area contributed by atoms with Crippen molar-refractivity contribution in [3.8, 4) is 0 Å². The first kappa shape index (κ1) is 12.9. The minimum atomic E-state index is -2.90. The zero-order chi connectivity index (χ0) is 12.9. The highest BCUT2D eigenvalue weighted by Crippen LogP contribution is 2.59. The quantitative estimate of drug-likeness (QED) is 0.708. The van der Waals surface area contributed by atoms with Gasteiger partial charge in [0.05, 0.1) is 16.9 Å². The summed E-state index contributed by atoms with van der Waals surface area (Å²) < 4.78 is 22.7. The highest BCUT2D eigenvalue weighted by molar-refractivity contribution is 7.91. The van der Waals surface area contributed by atoms with E-state index in [4.69, 9.17) is 0 Å². The van der Waals surface area contributed by atoms with Crippen molar-refractivity contribution in [1.82, 2.24) is 4.90 Å². The lowest BCUT2D eigenvalue weighted by atomic mass is 9.76. The Morgan fingerprint density at radius 2 is 1.59 bits per heavy atom. The van der Waals surface area contributed by atoms with E-state index in [1.165, 1.54) is 0 Å². The van der Waals surface area contributed by atoms with Crippen LogP contribution >= 0.6 is 0 Å². The predicted octanol–water partition coefficient (Wildman–Crippen LogP) is 1.07. The molecule has 4 nitrogen and oxygen atoms in total. The molecule has 0 spiro atoms. The summed E-state index contributed by atoms with van der Waals surface area (Å²) in [5.74, 6) is 0.415. The maximum Gasteiger partial charge on any atom is 0.229 e. The standard InChI is InChI=1S/C12H21NO3S/c1-11(2,3)12(4-5-12)10(14)13-6-8-17(15,16)9-7-13/h4-9H2,1-3H3. The largest absolute Gasteiger partial charge is 0.340 e. The Hall–Kier alpha value is -0.580. The minimum absolute atomic E-state index is 0.0274. The molecule has 0 N–H and O–H groups in total. The summed E-state index contributed by atoms with van der Waals surface area (Å²) >= 11 is 0. The van der Waals surface area contributed by atoms with Crippen molar-refractivity contribution in [3.05, 3.63) is 0 Å². The molecule has 1 aliphatic heterocycles. The van der Waals surface area contributed by atoms with Gasteiger partial charge in [-0.3, -0.25) is 4.79 Å². The summed E-state index contributed by atoms with van der Waals surface area (Å²) in [5, 5.41) is 0. The number of amides is 1. The average Bonchev–Trinajstić information content (AvgIpc) is 2.96. The second-order valence-electron chi connectivity index (χ2n) is 6.28. The molecule has 1 aliphatic carbocycles. The smallest absolute Gasteiger partial charge is 0.229 e. The van der Waals surface area contributed by atoms with Crippen LogP contribution in [0.1, 0.15) is 33.6 Å². The Balaban J connectivity index is 2.08. The molecule has 1 heterocycles. The third-order valence-corrected chi connectivity index (χ3v) is 5.84. The molecule has 5 heteroatoms. The molecule has 1 saturated carbocycles. The van der Waals surface area contributed by atoms with Crippen molar-refractivity contribution in [2.45, 2.75) is 33.6 Å². The van der Waals surface area contributed by atoms with Crippen molar-refractivity contribution in [2.75, 3.05) is 24.6 Å². The molecular weight excluding hydrogens is 238 g/mol. The first-order valence-corrected chi connectivity index (χ1v) is 8.00. The van der Waals surface area contributed by atoms with Gasteiger partial charge in [-0.05, 0) is 18.3 Å². The highest BCUT2D eigenvalue weighted by atomic mass is 32.2. The molecular formula is C12H21NO3S. The van der Waals surface area contributed by atoms with Crippen LogP contribution in [0.25, 0.3) is 0 Å². The fourth-order valence-corrected chi connectivity index (χ4v) is 3.83. The maximum absolute atomic E-state index is 12.5. The lowest BCUT2D eigenvalue weighted by Gasteiger charge is -2.36. The van der Waals surface area contributed by atoms with Crippen molar-refractivity contribution in [3.63, 3.8) is 0 Å². The van der Waals surface area contributed by atoms with Gasteiger partial charge in [-0.2, -0.15) is 0 Å². The van der Waals surface area contributed by atoms with Crippen LogP contribution in [0.15, 0.2) is 0 Å². The predicted molar refractivity (Wildman–Crippen MR) is 66.4 cm³/mol. The molecule has 17 heavy (non-hydrogen) atoms. The number of carbonyl (C=O) groups is 1. The number of nitrogens with zero attached hydrogens (tertiary/aromatic N) is 1. The van der Waals surface area contributed by atoms with E-state index in [9.17, 15) is 13.2 Å². The molecule has 0 bridgehead atoms. The van der Waals surface area contributed by atoms with Gasteiger partial charge in [-0.1, -0.05) is 20.8 Å². The summed E-state index contributed by atoms with van der Waals surface area (Å²) in [6.07, 6.45) is 1.89. The third kappa shape index (κ3) is 2.21. The van der Waals surface area contributed by atoms with Crippen LogP contribution in [-0.2, 0) is 14.6 Å². The fraction of sp³-hybridized carbons (Fsp3) is 0.917. The van der Waals surface area contributed by atoms with Crippen molar-refractivity contribution >= 4 is 15.7 Å². The molecule has 2 aliphatic rings. The van der Waals surface area contributed by atoms with Gasteiger partial charge in [0.2, 0.25) is 5.91 Å². The van der Waals surface area contributed by atoms with Crippen molar-refractivity contribution < 1.29 is 13.2 Å². The minimum Gasteiger partial charge on any atom is -0.340 e. The summed E-state index contributed by atoms with van der Waals surface area (Å²) in [6.45, 7) is 7.04. The number of rotatable bonds is 1. The third-order valence-electron chi connectivity index (χ3n) is 4.23. The van der Waals surface area contributed by atoms with Crippen molar-refractivity contribution in [1.29, 1.82) is 0 Å². The highest BCUT2D eigenvalue weighted by Gasteiger charge is 2.59. The van der Waals surface area contributed by atoms with Gasteiger partial charge in [-0.15, -0.1) is 0 Å². The van der Waals surface area contributed by atoms with Gasteiger partial charge >= 0.3 is 0 Å². The Labute approximate surface area is 103 Å². The van der Waals surface area contributed by atoms with E-state index >= 15 is 0 Å². The second kappa shape index (κ2) is 3.70. The Morgan fingerprint density at radius 1 is 1.12 bits per heavy atom. The molecule has 0 aromatic carbocycles. The first-order valence-electron chi connectivity index (χ1n) is 6.18. The van der Waals surface area contributed by atoms with Gasteiger partial charge in [0.1, 0.15) is 0 Å². The van der Waals surface area contributed by atoms with Crippen LogP contribution in [0.4, 0.5) is 0 Å². The Morgan fingerprint density at radius 3 is 1.94 bits per heavy atom. The van der Waals surface area contributed by atoms with Crippen LogP contribution < -0.4 is 0 Å². The number of hydrogen-bond acceptors (Lipinski definition) is 3. The molecule has 0 atom stereocenters. The van der Waals surface area contributed by atoms with Crippen LogP contribution in [0.3, 0.4) is 0 Å². The number of sulfone groups is 1. The zero-order valence-electron chi connectivity index (χ0n) is 10.8. The van der Waals surface area contributed by atoms with E-state index in [0.29, 0.717) is 13.1 Å². The van der Waals surface area contributed by atoms with E-state index in [2.05, 4.69) is 20.8 Å². The van der Waals surface area contributed by atoms with Gasteiger partial charge in [-0.25, -0.2) is 8.42 Å². The van der Waals surface area contributed by atoms with Crippen molar-refractivity contribution in [2.24, 2.45) is 10.8 Å². The fourth-order valence-electron chi connectivity index (χ4n) is 2.63. The molecule has 0 radical (unpaired) electrons.